The topological polar surface area (TPSA) is 55.6 Å². The fourth-order valence-corrected chi connectivity index (χ4v) is 2.00. The highest BCUT2D eigenvalue weighted by Crippen LogP contribution is 2.14. The zero-order chi connectivity index (χ0) is 12.8. The van der Waals surface area contributed by atoms with Gasteiger partial charge < -0.3 is 5.32 Å². The van der Waals surface area contributed by atoms with Crippen LogP contribution in [-0.4, -0.2) is 26.3 Å². The first kappa shape index (κ1) is 12.7. The van der Waals surface area contributed by atoms with E-state index < -0.39 is 0 Å². The molecule has 0 bridgehead atoms. The van der Waals surface area contributed by atoms with Crippen LogP contribution in [-0.2, 0) is 13.0 Å². The summed E-state index contributed by atoms with van der Waals surface area (Å²) in [7, 11) is 0. The molecule has 1 N–H and O–H groups in total. The average Bonchev–Trinajstić information content (AvgIpc) is 2.86. The molecule has 0 aliphatic rings. The molecule has 2 aromatic rings. The Bertz CT molecular complexity index is 465. The lowest BCUT2D eigenvalue weighted by atomic mass is 10.1. The molecule has 0 aliphatic carbocycles. The number of nitrogens with zero attached hydrogens (tertiary/aromatic N) is 4. The van der Waals surface area contributed by atoms with E-state index in [-0.39, 0.29) is 6.04 Å². The van der Waals surface area contributed by atoms with Crippen LogP contribution in [0.4, 0.5) is 0 Å². The number of hydrogen-bond donors (Lipinski definition) is 1. The minimum absolute atomic E-state index is 0.186. The zero-order valence-corrected chi connectivity index (χ0v) is 10.9. The van der Waals surface area contributed by atoms with E-state index >= 15 is 0 Å². The molecule has 0 saturated heterocycles. The minimum atomic E-state index is 0.186. The quantitative estimate of drug-likeness (QED) is 0.839. The molecule has 1 unspecified atom stereocenters. The van der Waals surface area contributed by atoms with Gasteiger partial charge in [0, 0.05) is 19.2 Å². The third kappa shape index (κ3) is 2.92. The lowest BCUT2D eigenvalue weighted by Gasteiger charge is -2.17. The highest BCUT2D eigenvalue weighted by molar-refractivity contribution is 5.10. The van der Waals surface area contributed by atoms with Crippen molar-refractivity contribution in [3.63, 3.8) is 0 Å². The molecule has 5 heteroatoms. The maximum atomic E-state index is 4.41. The van der Waals surface area contributed by atoms with Crippen LogP contribution >= 0.6 is 0 Å². The van der Waals surface area contributed by atoms with Crippen molar-refractivity contribution in [1.82, 2.24) is 25.1 Å². The first-order chi connectivity index (χ1) is 8.85. The molecule has 18 heavy (non-hydrogen) atoms. The molecule has 0 fully saturated rings. The molecule has 1 atom stereocenters. The summed E-state index contributed by atoms with van der Waals surface area (Å²) in [5.74, 6) is 0.995. The standard InChI is InChI=1S/C13H19N5/c1-3-14-12(11-7-5-6-8-15-11)9-13-16-10-17-18(13)4-2/h5-8,10,12,14H,3-4,9H2,1-2H3. The molecule has 0 aliphatic heterocycles. The van der Waals surface area contributed by atoms with Crippen LogP contribution in [0.15, 0.2) is 30.7 Å². The van der Waals surface area contributed by atoms with Gasteiger partial charge in [0.2, 0.25) is 0 Å². The minimum Gasteiger partial charge on any atom is -0.309 e. The Kier molecular flexibility index (Phi) is 4.41. The summed E-state index contributed by atoms with van der Waals surface area (Å²) in [6.07, 6.45) is 4.24. The van der Waals surface area contributed by atoms with Gasteiger partial charge in [-0.05, 0) is 25.6 Å². The van der Waals surface area contributed by atoms with Gasteiger partial charge in [-0.2, -0.15) is 5.10 Å². The fraction of sp³-hybridized carbons (Fsp3) is 0.462. The smallest absolute Gasteiger partial charge is 0.138 e. The van der Waals surface area contributed by atoms with Gasteiger partial charge in [-0.1, -0.05) is 13.0 Å². The average molecular weight is 245 g/mol. The predicted molar refractivity (Wildman–Crippen MR) is 70.1 cm³/mol. The molecule has 5 nitrogen and oxygen atoms in total. The highest BCUT2D eigenvalue weighted by atomic mass is 15.3. The lowest BCUT2D eigenvalue weighted by molar-refractivity contribution is 0.500. The Labute approximate surface area is 107 Å². The Morgan fingerprint density at radius 2 is 2.17 bits per heavy atom. The Hall–Kier alpha value is -1.75. The van der Waals surface area contributed by atoms with Gasteiger partial charge >= 0.3 is 0 Å². The number of pyridine rings is 1. The van der Waals surface area contributed by atoms with Crippen LogP contribution in [0.25, 0.3) is 0 Å². The molecular formula is C13H19N5. The van der Waals surface area contributed by atoms with E-state index in [1.807, 2.05) is 29.1 Å². The van der Waals surface area contributed by atoms with Gasteiger partial charge in [-0.3, -0.25) is 9.67 Å². The van der Waals surface area contributed by atoms with Gasteiger partial charge in [-0.25, -0.2) is 4.98 Å². The van der Waals surface area contributed by atoms with Crippen molar-refractivity contribution < 1.29 is 0 Å². The van der Waals surface area contributed by atoms with Crippen molar-refractivity contribution >= 4 is 0 Å². The van der Waals surface area contributed by atoms with Crippen molar-refractivity contribution in [3.05, 3.63) is 42.2 Å². The Balaban J connectivity index is 2.16. The van der Waals surface area contributed by atoms with Crippen LogP contribution < -0.4 is 5.32 Å². The van der Waals surface area contributed by atoms with Crippen molar-refractivity contribution in [1.29, 1.82) is 0 Å². The van der Waals surface area contributed by atoms with E-state index in [0.29, 0.717) is 0 Å². The van der Waals surface area contributed by atoms with Crippen molar-refractivity contribution in [2.75, 3.05) is 6.54 Å². The first-order valence-electron chi connectivity index (χ1n) is 6.36. The van der Waals surface area contributed by atoms with Crippen LogP contribution in [0.3, 0.4) is 0 Å². The molecule has 2 aromatic heterocycles. The monoisotopic (exact) mass is 245 g/mol. The van der Waals surface area contributed by atoms with Crippen molar-refractivity contribution in [3.8, 4) is 0 Å². The number of rotatable bonds is 6. The summed E-state index contributed by atoms with van der Waals surface area (Å²) in [4.78, 5) is 8.73. The Morgan fingerprint density at radius 3 is 2.83 bits per heavy atom. The van der Waals surface area contributed by atoms with Gasteiger partial charge in [0.05, 0.1) is 11.7 Å². The number of aromatic nitrogens is 4. The molecule has 0 amide bonds. The Morgan fingerprint density at radius 1 is 1.28 bits per heavy atom. The SMILES string of the molecule is CCNC(Cc1ncnn1CC)c1ccccn1. The van der Waals surface area contributed by atoms with E-state index in [0.717, 1.165) is 31.0 Å². The summed E-state index contributed by atoms with van der Waals surface area (Å²) in [6, 6.07) is 6.17. The van der Waals surface area contributed by atoms with Crippen molar-refractivity contribution in [2.45, 2.75) is 32.9 Å². The second kappa shape index (κ2) is 6.26. The van der Waals surface area contributed by atoms with Crippen LogP contribution in [0.5, 0.6) is 0 Å². The van der Waals surface area contributed by atoms with Crippen molar-refractivity contribution in [2.24, 2.45) is 0 Å². The molecule has 0 aromatic carbocycles. The maximum Gasteiger partial charge on any atom is 0.138 e. The molecule has 2 heterocycles. The first-order valence-corrected chi connectivity index (χ1v) is 6.36. The van der Waals surface area contributed by atoms with Crippen LogP contribution in [0, 0.1) is 0 Å². The second-order valence-corrected chi connectivity index (χ2v) is 4.06. The van der Waals surface area contributed by atoms with Gasteiger partial charge in [0.25, 0.3) is 0 Å². The third-order valence-electron chi connectivity index (χ3n) is 2.88. The second-order valence-electron chi connectivity index (χ2n) is 4.06. The van der Waals surface area contributed by atoms with E-state index in [2.05, 4.69) is 34.2 Å². The van der Waals surface area contributed by atoms with E-state index in [1.165, 1.54) is 0 Å². The molecule has 2 rings (SSSR count). The lowest BCUT2D eigenvalue weighted by Crippen LogP contribution is -2.25. The maximum absolute atomic E-state index is 4.41. The number of nitrogens with one attached hydrogen (secondary N) is 1. The van der Waals surface area contributed by atoms with Crippen LogP contribution in [0.2, 0.25) is 0 Å². The van der Waals surface area contributed by atoms with Gasteiger partial charge in [0.15, 0.2) is 0 Å². The molecular weight excluding hydrogens is 226 g/mol. The summed E-state index contributed by atoms with van der Waals surface area (Å²) >= 11 is 0. The number of aryl methyl sites for hydroxylation is 1. The largest absolute Gasteiger partial charge is 0.309 e. The molecule has 96 valence electrons. The van der Waals surface area contributed by atoms with E-state index in [1.54, 1.807) is 6.33 Å². The summed E-state index contributed by atoms with van der Waals surface area (Å²) in [5, 5.41) is 7.64. The normalized spacial score (nSPS) is 12.6. The third-order valence-corrected chi connectivity index (χ3v) is 2.88. The van der Waals surface area contributed by atoms with E-state index in [9.17, 15) is 0 Å². The van der Waals surface area contributed by atoms with Gasteiger partial charge in [-0.15, -0.1) is 0 Å². The molecule has 0 spiro atoms. The predicted octanol–water partition coefficient (Wildman–Crippen LogP) is 1.59. The zero-order valence-electron chi connectivity index (χ0n) is 10.9. The summed E-state index contributed by atoms with van der Waals surface area (Å²) < 4.78 is 1.92. The van der Waals surface area contributed by atoms with E-state index in [4.69, 9.17) is 0 Å². The summed E-state index contributed by atoms with van der Waals surface area (Å²) in [5.41, 5.74) is 1.05. The molecule has 0 radical (unpaired) electrons. The fourth-order valence-electron chi connectivity index (χ4n) is 2.00. The van der Waals surface area contributed by atoms with Crippen LogP contribution in [0.1, 0.15) is 31.4 Å². The molecule has 0 saturated carbocycles. The number of likely N-dealkylation sites (N-methyl/N-ethyl adjacent to an activating group) is 1. The van der Waals surface area contributed by atoms with Gasteiger partial charge in [0.1, 0.15) is 12.2 Å². The summed E-state index contributed by atoms with van der Waals surface area (Å²) in [6.45, 7) is 5.92. The highest BCUT2D eigenvalue weighted by Gasteiger charge is 2.15. The number of hydrogen-bond acceptors (Lipinski definition) is 4.